The molecule has 0 aliphatic carbocycles. The van der Waals surface area contributed by atoms with Crippen LogP contribution in [0.4, 0.5) is 5.69 Å². The van der Waals surface area contributed by atoms with E-state index < -0.39 is 10.0 Å². The fourth-order valence-corrected chi connectivity index (χ4v) is 3.76. The summed E-state index contributed by atoms with van der Waals surface area (Å²) >= 11 is 0. The van der Waals surface area contributed by atoms with Crippen LogP contribution in [0.1, 0.15) is 30.1 Å². The van der Waals surface area contributed by atoms with Crippen molar-refractivity contribution in [3.63, 3.8) is 0 Å². The van der Waals surface area contributed by atoms with Crippen molar-refractivity contribution in [3.8, 4) is 0 Å². The van der Waals surface area contributed by atoms with Crippen molar-refractivity contribution in [1.82, 2.24) is 4.90 Å². The molecule has 2 amide bonds. The Balaban J connectivity index is 2.17. The van der Waals surface area contributed by atoms with E-state index in [0.29, 0.717) is 31.5 Å². The maximum absolute atomic E-state index is 12.6. The molecule has 9 heteroatoms. The number of nitrogens with zero attached hydrogens (tertiary/aromatic N) is 2. The molecule has 0 unspecified atom stereocenters. The van der Waals surface area contributed by atoms with Crippen molar-refractivity contribution in [2.75, 3.05) is 30.2 Å². The van der Waals surface area contributed by atoms with Crippen molar-refractivity contribution in [2.45, 2.75) is 19.8 Å². The lowest BCUT2D eigenvalue weighted by Crippen LogP contribution is -2.47. The highest BCUT2D eigenvalue weighted by molar-refractivity contribution is 7.92. The van der Waals surface area contributed by atoms with Crippen molar-refractivity contribution >= 4 is 33.3 Å². The van der Waals surface area contributed by atoms with E-state index in [4.69, 9.17) is 5.73 Å². The van der Waals surface area contributed by atoms with Gasteiger partial charge in [0.2, 0.25) is 21.8 Å². The monoisotopic (exact) mass is 381 g/mol. The molecule has 0 spiro atoms. The highest BCUT2D eigenvalue weighted by atomic mass is 32.2. The van der Waals surface area contributed by atoms with Gasteiger partial charge in [-0.2, -0.15) is 0 Å². The number of piperidine rings is 1. The quantitative estimate of drug-likeness (QED) is 0.715. The Labute approximate surface area is 153 Å². The normalized spacial score (nSPS) is 15.5. The first-order chi connectivity index (χ1) is 12.1. The van der Waals surface area contributed by atoms with Crippen LogP contribution in [-0.2, 0) is 19.6 Å². The molecule has 1 fully saturated rings. The van der Waals surface area contributed by atoms with Crippen LogP contribution < -0.4 is 10.0 Å². The molecule has 1 aliphatic rings. The predicted octanol–water partition coefficient (Wildman–Crippen LogP) is 0.379. The van der Waals surface area contributed by atoms with E-state index in [1.165, 1.54) is 17.9 Å². The molecular formula is C17H23N3O5S. The van der Waals surface area contributed by atoms with Gasteiger partial charge in [0, 0.05) is 24.6 Å². The topological polar surface area (TPSA) is 118 Å². The molecule has 0 atom stereocenters. The minimum Gasteiger partial charge on any atom is -0.369 e. The van der Waals surface area contributed by atoms with Gasteiger partial charge in [-0.25, -0.2) is 8.42 Å². The number of anilines is 1. The van der Waals surface area contributed by atoms with Crippen LogP contribution in [0.3, 0.4) is 0 Å². The van der Waals surface area contributed by atoms with Crippen LogP contribution in [-0.4, -0.2) is 56.8 Å². The van der Waals surface area contributed by atoms with E-state index in [1.54, 1.807) is 18.2 Å². The first-order valence-electron chi connectivity index (χ1n) is 8.25. The number of carbonyl (C=O) groups excluding carboxylic acids is 3. The number of carbonyl (C=O) groups is 3. The van der Waals surface area contributed by atoms with Crippen LogP contribution >= 0.6 is 0 Å². The molecule has 0 radical (unpaired) electrons. The lowest BCUT2D eigenvalue weighted by molar-refractivity contribution is -0.133. The second kappa shape index (κ2) is 7.86. The van der Waals surface area contributed by atoms with Gasteiger partial charge in [0.05, 0.1) is 11.9 Å². The van der Waals surface area contributed by atoms with Crippen LogP contribution in [0.15, 0.2) is 24.3 Å². The standard InChI is InChI=1S/C17H23N3O5S/c1-12(21)14-4-3-5-15(10-14)20(26(2,24)25)11-16(22)19-8-6-13(7-9-19)17(18)23/h3-5,10,13H,6-9,11H2,1-2H3,(H2,18,23). The zero-order valence-electron chi connectivity index (χ0n) is 14.8. The van der Waals surface area contributed by atoms with Crippen LogP contribution in [0.5, 0.6) is 0 Å². The Morgan fingerprint density at radius 1 is 1.23 bits per heavy atom. The number of hydrogen-bond acceptors (Lipinski definition) is 5. The average molecular weight is 381 g/mol. The first kappa shape index (κ1) is 19.9. The molecule has 8 nitrogen and oxygen atoms in total. The Morgan fingerprint density at radius 3 is 2.35 bits per heavy atom. The van der Waals surface area contributed by atoms with Crippen LogP contribution in [0.2, 0.25) is 0 Å². The predicted molar refractivity (Wildman–Crippen MR) is 97.1 cm³/mol. The van der Waals surface area contributed by atoms with E-state index in [2.05, 4.69) is 0 Å². The molecule has 1 saturated heterocycles. The summed E-state index contributed by atoms with van der Waals surface area (Å²) in [5.74, 6) is -1.18. The number of sulfonamides is 1. The fraction of sp³-hybridized carbons (Fsp3) is 0.471. The van der Waals surface area contributed by atoms with Crippen LogP contribution in [0.25, 0.3) is 0 Å². The van der Waals surface area contributed by atoms with E-state index in [0.717, 1.165) is 10.6 Å². The zero-order valence-corrected chi connectivity index (χ0v) is 15.7. The van der Waals surface area contributed by atoms with E-state index >= 15 is 0 Å². The summed E-state index contributed by atoms with van der Waals surface area (Å²) in [6, 6.07) is 6.16. The van der Waals surface area contributed by atoms with Crippen molar-refractivity contribution < 1.29 is 22.8 Å². The SMILES string of the molecule is CC(=O)c1cccc(N(CC(=O)N2CCC(C(N)=O)CC2)S(C)(=O)=O)c1. The smallest absolute Gasteiger partial charge is 0.243 e. The summed E-state index contributed by atoms with van der Waals surface area (Å²) in [5, 5.41) is 0. The molecule has 1 heterocycles. The summed E-state index contributed by atoms with van der Waals surface area (Å²) in [4.78, 5) is 36.9. The summed E-state index contributed by atoms with van der Waals surface area (Å²) in [6.45, 7) is 1.74. The number of likely N-dealkylation sites (tertiary alicyclic amines) is 1. The summed E-state index contributed by atoms with van der Waals surface area (Å²) in [5.41, 5.74) is 5.91. The number of benzene rings is 1. The molecule has 26 heavy (non-hydrogen) atoms. The van der Waals surface area contributed by atoms with Crippen molar-refractivity contribution in [2.24, 2.45) is 11.7 Å². The van der Waals surface area contributed by atoms with Gasteiger partial charge < -0.3 is 10.6 Å². The summed E-state index contributed by atoms with van der Waals surface area (Å²) in [6.07, 6.45) is 1.96. The Kier molecular flexibility index (Phi) is 6.01. The number of nitrogens with two attached hydrogens (primary N) is 1. The summed E-state index contributed by atoms with van der Waals surface area (Å²) < 4.78 is 25.4. The molecular weight excluding hydrogens is 358 g/mol. The number of ketones is 1. The van der Waals surface area contributed by atoms with Gasteiger partial charge in [-0.1, -0.05) is 12.1 Å². The molecule has 0 aromatic heterocycles. The third-order valence-corrected chi connectivity index (χ3v) is 5.61. The highest BCUT2D eigenvalue weighted by Gasteiger charge is 2.29. The largest absolute Gasteiger partial charge is 0.369 e. The van der Waals surface area contributed by atoms with E-state index in [-0.39, 0.29) is 35.7 Å². The number of amides is 2. The highest BCUT2D eigenvalue weighted by Crippen LogP contribution is 2.21. The third kappa shape index (κ3) is 4.81. The first-order valence-corrected chi connectivity index (χ1v) is 10.1. The van der Waals surface area contributed by atoms with Gasteiger partial charge in [-0.15, -0.1) is 0 Å². The van der Waals surface area contributed by atoms with Crippen molar-refractivity contribution in [3.05, 3.63) is 29.8 Å². The maximum Gasteiger partial charge on any atom is 0.243 e. The average Bonchev–Trinajstić information content (AvgIpc) is 2.58. The molecule has 1 aliphatic heterocycles. The van der Waals surface area contributed by atoms with Gasteiger partial charge in [0.15, 0.2) is 5.78 Å². The van der Waals surface area contributed by atoms with Gasteiger partial charge >= 0.3 is 0 Å². The second-order valence-electron chi connectivity index (χ2n) is 6.43. The van der Waals surface area contributed by atoms with E-state index in [1.807, 2.05) is 0 Å². The molecule has 2 N–H and O–H groups in total. The van der Waals surface area contributed by atoms with Crippen LogP contribution in [0, 0.1) is 5.92 Å². The Hall–Kier alpha value is -2.42. The Bertz CT molecular complexity index is 813. The molecule has 2 rings (SSSR count). The molecule has 1 aromatic rings. The van der Waals surface area contributed by atoms with Gasteiger partial charge in [0.1, 0.15) is 6.54 Å². The number of rotatable bonds is 6. The van der Waals surface area contributed by atoms with Gasteiger partial charge in [-0.05, 0) is 31.9 Å². The van der Waals surface area contributed by atoms with Gasteiger partial charge in [-0.3, -0.25) is 18.7 Å². The minimum atomic E-state index is -3.72. The second-order valence-corrected chi connectivity index (χ2v) is 8.34. The Morgan fingerprint density at radius 2 is 1.85 bits per heavy atom. The maximum atomic E-state index is 12.6. The zero-order chi connectivity index (χ0) is 19.5. The van der Waals surface area contributed by atoms with Gasteiger partial charge in [0.25, 0.3) is 0 Å². The summed E-state index contributed by atoms with van der Waals surface area (Å²) in [7, 11) is -3.72. The molecule has 0 saturated carbocycles. The lowest BCUT2D eigenvalue weighted by Gasteiger charge is -2.32. The fourth-order valence-electron chi connectivity index (χ4n) is 2.92. The number of Topliss-reactive ketones (excluding diaryl/α,β-unsaturated/α-hetero) is 1. The number of hydrogen-bond donors (Lipinski definition) is 1. The van der Waals surface area contributed by atoms with Crippen molar-refractivity contribution in [1.29, 1.82) is 0 Å². The van der Waals surface area contributed by atoms with E-state index in [9.17, 15) is 22.8 Å². The third-order valence-electron chi connectivity index (χ3n) is 4.47. The number of primary amides is 1. The molecule has 0 bridgehead atoms. The molecule has 142 valence electrons. The minimum absolute atomic E-state index is 0.194. The lowest BCUT2D eigenvalue weighted by atomic mass is 9.96. The molecule has 1 aromatic carbocycles.